The lowest BCUT2D eigenvalue weighted by atomic mass is 9.39. The van der Waals surface area contributed by atoms with Gasteiger partial charge < -0.3 is 19.7 Å². The zero-order valence-corrected chi connectivity index (χ0v) is 17.9. The molecular formula is C22H23F2N3O6. The minimum absolute atomic E-state index is 0.0230. The summed E-state index contributed by atoms with van der Waals surface area (Å²) < 4.78 is 39.5. The number of piperidine rings is 1. The van der Waals surface area contributed by atoms with Gasteiger partial charge in [-0.3, -0.25) is 19.7 Å². The smallest absolute Gasteiger partial charge is 0.407 e. The predicted octanol–water partition coefficient (Wildman–Crippen LogP) is 1.50. The van der Waals surface area contributed by atoms with Gasteiger partial charge in [0.05, 0.1) is 31.5 Å². The topological polar surface area (TPSA) is 114 Å². The lowest BCUT2D eigenvalue weighted by molar-refractivity contribution is -0.200. The van der Waals surface area contributed by atoms with Crippen LogP contribution in [0.1, 0.15) is 43.6 Å². The van der Waals surface area contributed by atoms with E-state index in [9.17, 15) is 28.0 Å². The Kier molecular flexibility index (Phi) is 4.84. The zero-order chi connectivity index (χ0) is 23.5. The summed E-state index contributed by atoms with van der Waals surface area (Å²) in [4.78, 5) is 48.8. The highest BCUT2D eigenvalue weighted by atomic mass is 19.1. The highest BCUT2D eigenvalue weighted by Gasteiger charge is 2.73. The number of hydrogen-bond donors (Lipinski definition) is 2. The fourth-order valence-corrected chi connectivity index (χ4v) is 5.53. The summed E-state index contributed by atoms with van der Waals surface area (Å²) in [6.45, 7) is 0.534. The molecule has 2 N–H and O–H groups in total. The average Bonchev–Trinajstić information content (AvgIpc) is 2.66. The molecule has 1 aromatic rings. The van der Waals surface area contributed by atoms with Crippen LogP contribution in [-0.4, -0.2) is 55.7 Å². The maximum absolute atomic E-state index is 14.7. The van der Waals surface area contributed by atoms with E-state index in [1.807, 2.05) is 0 Å². The lowest BCUT2D eigenvalue weighted by Gasteiger charge is -2.67. The molecule has 1 aromatic carbocycles. The summed E-state index contributed by atoms with van der Waals surface area (Å²) in [5, 5.41) is 4.92. The molecule has 3 aliphatic carbocycles. The number of anilines is 1. The quantitative estimate of drug-likeness (QED) is 0.502. The number of amides is 3. The van der Waals surface area contributed by atoms with Crippen molar-refractivity contribution in [2.75, 3.05) is 25.1 Å². The standard InChI is InChI=1S/C22H23F2N3O6/c1-32-19(30)21-8-22(9-21,10-21)26-20(31)33-12-6-27(7-12)11-4-14(23)17(15(24)5-11)13-2-3-16(28)25-18(13)29/h4-5,12-13H,2-3,6-10H2,1H3,(H,26,31)(H,25,28,29). The van der Waals surface area contributed by atoms with Crippen molar-refractivity contribution >= 4 is 29.6 Å². The molecule has 2 aliphatic heterocycles. The van der Waals surface area contributed by atoms with E-state index < -0.39 is 52.5 Å². The van der Waals surface area contributed by atoms with Crippen LogP contribution in [0.25, 0.3) is 0 Å². The lowest BCUT2D eigenvalue weighted by Crippen LogP contribution is -2.77. The number of carbonyl (C=O) groups is 4. The van der Waals surface area contributed by atoms with Crippen LogP contribution < -0.4 is 15.5 Å². The number of imide groups is 1. The monoisotopic (exact) mass is 463 g/mol. The Morgan fingerprint density at radius 1 is 1.15 bits per heavy atom. The van der Waals surface area contributed by atoms with Crippen LogP contribution in [0.5, 0.6) is 0 Å². The van der Waals surface area contributed by atoms with E-state index in [2.05, 4.69) is 10.6 Å². The molecule has 1 atom stereocenters. The summed E-state index contributed by atoms with van der Waals surface area (Å²) in [7, 11) is 1.35. The molecule has 0 aromatic heterocycles. The largest absolute Gasteiger partial charge is 0.469 e. The van der Waals surface area contributed by atoms with Gasteiger partial charge in [0.1, 0.15) is 17.7 Å². The molecule has 0 spiro atoms. The first-order valence-corrected chi connectivity index (χ1v) is 10.8. The summed E-state index contributed by atoms with van der Waals surface area (Å²) in [6.07, 6.45) is 0.671. The molecular weight excluding hydrogens is 440 g/mol. The van der Waals surface area contributed by atoms with E-state index in [1.54, 1.807) is 4.90 Å². The molecule has 9 nitrogen and oxygen atoms in total. The number of hydrogen-bond acceptors (Lipinski definition) is 7. The number of benzene rings is 1. The maximum Gasteiger partial charge on any atom is 0.407 e. The molecule has 3 amide bonds. The highest BCUT2D eigenvalue weighted by Crippen LogP contribution is 2.67. The first kappa shape index (κ1) is 21.6. The Morgan fingerprint density at radius 3 is 2.36 bits per heavy atom. The van der Waals surface area contributed by atoms with Gasteiger partial charge in [0.2, 0.25) is 11.8 Å². The SMILES string of the molecule is COC(=O)C12CC(NC(=O)OC3CN(c4cc(F)c(C5CCC(=O)NC5=O)c(F)c4)C3)(C1)C2. The van der Waals surface area contributed by atoms with Crippen molar-refractivity contribution in [3.05, 3.63) is 29.3 Å². The van der Waals surface area contributed by atoms with Gasteiger partial charge in [-0.1, -0.05) is 0 Å². The summed E-state index contributed by atoms with van der Waals surface area (Å²) in [6, 6.07) is 2.29. The van der Waals surface area contributed by atoms with Crippen LogP contribution in [0.4, 0.5) is 19.3 Å². The van der Waals surface area contributed by atoms with Crippen molar-refractivity contribution in [2.45, 2.75) is 49.7 Å². The van der Waals surface area contributed by atoms with Gasteiger partial charge in [0.15, 0.2) is 0 Å². The van der Waals surface area contributed by atoms with Gasteiger partial charge in [-0.05, 0) is 37.8 Å². The van der Waals surface area contributed by atoms with Crippen LogP contribution in [0.15, 0.2) is 12.1 Å². The van der Waals surface area contributed by atoms with Crippen molar-refractivity contribution in [1.29, 1.82) is 0 Å². The zero-order valence-electron chi connectivity index (χ0n) is 17.9. The van der Waals surface area contributed by atoms with Gasteiger partial charge in [0, 0.05) is 23.2 Å². The summed E-state index contributed by atoms with van der Waals surface area (Å²) in [5.74, 6) is -4.18. The van der Waals surface area contributed by atoms with Crippen LogP contribution in [0.3, 0.4) is 0 Å². The Hall–Kier alpha value is -3.24. The van der Waals surface area contributed by atoms with E-state index in [-0.39, 0.29) is 43.2 Å². The second kappa shape index (κ2) is 7.39. The number of alkyl carbamates (subject to hydrolysis) is 1. The molecule has 3 saturated carbocycles. The van der Waals surface area contributed by atoms with Crippen molar-refractivity contribution in [2.24, 2.45) is 5.41 Å². The maximum atomic E-state index is 14.7. The van der Waals surface area contributed by atoms with Gasteiger partial charge in [-0.15, -0.1) is 0 Å². The molecule has 5 aliphatic rings. The average molecular weight is 463 g/mol. The molecule has 6 rings (SSSR count). The van der Waals surface area contributed by atoms with E-state index >= 15 is 0 Å². The van der Waals surface area contributed by atoms with Gasteiger partial charge in [0.25, 0.3) is 0 Å². The van der Waals surface area contributed by atoms with Gasteiger partial charge in [-0.25, -0.2) is 13.6 Å². The molecule has 5 fully saturated rings. The van der Waals surface area contributed by atoms with Gasteiger partial charge in [-0.2, -0.15) is 0 Å². The number of halogens is 2. The first-order valence-electron chi connectivity index (χ1n) is 10.8. The Balaban J connectivity index is 1.13. The molecule has 176 valence electrons. The second-order valence-corrected chi connectivity index (χ2v) is 9.47. The third-order valence-corrected chi connectivity index (χ3v) is 7.15. The van der Waals surface area contributed by atoms with Gasteiger partial charge >= 0.3 is 12.1 Å². The van der Waals surface area contributed by atoms with E-state index in [4.69, 9.17) is 9.47 Å². The number of nitrogens with one attached hydrogen (secondary N) is 2. The Morgan fingerprint density at radius 2 is 1.79 bits per heavy atom. The normalized spacial score (nSPS) is 30.4. The number of methoxy groups -OCH3 is 1. The number of ether oxygens (including phenoxy) is 2. The Labute approximate surface area is 187 Å². The van der Waals surface area contributed by atoms with E-state index in [0.717, 1.165) is 12.1 Å². The molecule has 33 heavy (non-hydrogen) atoms. The summed E-state index contributed by atoms with van der Waals surface area (Å²) in [5.41, 5.74) is -0.948. The minimum atomic E-state index is -1.05. The van der Waals surface area contributed by atoms with Crippen LogP contribution in [-0.2, 0) is 23.9 Å². The number of esters is 1. The molecule has 11 heteroatoms. The van der Waals surface area contributed by atoms with Crippen molar-refractivity contribution < 1.29 is 37.4 Å². The van der Waals surface area contributed by atoms with Crippen LogP contribution in [0.2, 0.25) is 0 Å². The molecule has 1 unspecified atom stereocenters. The molecule has 2 bridgehead atoms. The van der Waals surface area contributed by atoms with Crippen molar-refractivity contribution in [1.82, 2.24) is 10.6 Å². The minimum Gasteiger partial charge on any atom is -0.469 e. The number of carbonyl (C=O) groups excluding carboxylic acids is 4. The number of nitrogens with zero attached hydrogens (tertiary/aromatic N) is 1. The molecule has 0 radical (unpaired) electrons. The molecule has 2 heterocycles. The second-order valence-electron chi connectivity index (χ2n) is 9.47. The van der Waals surface area contributed by atoms with E-state index in [0.29, 0.717) is 19.3 Å². The summed E-state index contributed by atoms with van der Waals surface area (Å²) >= 11 is 0. The number of rotatable bonds is 5. The highest BCUT2D eigenvalue weighted by molar-refractivity contribution is 6.01. The third kappa shape index (κ3) is 3.50. The van der Waals surface area contributed by atoms with Crippen LogP contribution in [0, 0.1) is 17.0 Å². The van der Waals surface area contributed by atoms with Crippen molar-refractivity contribution in [3.8, 4) is 0 Å². The molecule has 2 saturated heterocycles. The fourth-order valence-electron chi connectivity index (χ4n) is 5.53. The third-order valence-electron chi connectivity index (χ3n) is 7.15. The van der Waals surface area contributed by atoms with Crippen molar-refractivity contribution in [3.63, 3.8) is 0 Å². The van der Waals surface area contributed by atoms with Crippen LogP contribution >= 0.6 is 0 Å². The Bertz CT molecular complexity index is 1030. The fraction of sp³-hybridized carbons (Fsp3) is 0.545. The van der Waals surface area contributed by atoms with E-state index in [1.165, 1.54) is 7.11 Å². The first-order chi connectivity index (χ1) is 15.6. The predicted molar refractivity (Wildman–Crippen MR) is 108 cm³/mol.